The van der Waals surface area contributed by atoms with Gasteiger partial charge in [0.25, 0.3) is 5.91 Å². The Morgan fingerprint density at radius 1 is 1.29 bits per heavy atom. The van der Waals surface area contributed by atoms with E-state index in [0.717, 1.165) is 18.6 Å². The van der Waals surface area contributed by atoms with Crippen LogP contribution < -0.4 is 5.32 Å². The van der Waals surface area contributed by atoms with Crippen LogP contribution in [0.2, 0.25) is 0 Å². The third-order valence-electron chi connectivity index (χ3n) is 3.23. The molecule has 1 aromatic heterocycles. The number of nitrogens with zero attached hydrogens (tertiary/aromatic N) is 1. The van der Waals surface area contributed by atoms with Crippen molar-refractivity contribution in [2.24, 2.45) is 0 Å². The Kier molecular flexibility index (Phi) is 7.96. The zero-order chi connectivity index (χ0) is 15.5. The van der Waals surface area contributed by atoms with E-state index in [1.165, 1.54) is 31.8 Å². The van der Waals surface area contributed by atoms with Crippen LogP contribution in [0.1, 0.15) is 57.0 Å². The standard InChI is InChI=1S/C17H24N2O2/c1-3-4-5-6-7-8-11-19-17(20)15(13-18)12-16-10-9-14(2)21-16/h9-10,12H,3-8,11H2,1-2H3,(H,19,20). The molecule has 0 aliphatic heterocycles. The highest BCUT2D eigenvalue weighted by atomic mass is 16.3. The second kappa shape index (κ2) is 9.82. The summed E-state index contributed by atoms with van der Waals surface area (Å²) in [6.45, 7) is 4.62. The summed E-state index contributed by atoms with van der Waals surface area (Å²) in [5, 5.41) is 11.8. The smallest absolute Gasteiger partial charge is 0.262 e. The highest BCUT2D eigenvalue weighted by molar-refractivity contribution is 6.01. The molecule has 114 valence electrons. The fraction of sp³-hybridized carbons (Fsp3) is 0.529. The van der Waals surface area contributed by atoms with Crippen LogP contribution in [0.25, 0.3) is 6.08 Å². The molecule has 1 rings (SSSR count). The molecule has 1 N–H and O–H groups in total. The van der Waals surface area contributed by atoms with Crippen molar-refractivity contribution in [1.82, 2.24) is 5.32 Å². The molecule has 4 nitrogen and oxygen atoms in total. The van der Waals surface area contributed by atoms with Crippen LogP contribution >= 0.6 is 0 Å². The Balaban J connectivity index is 2.32. The lowest BCUT2D eigenvalue weighted by Gasteiger charge is -2.04. The van der Waals surface area contributed by atoms with Gasteiger partial charge in [0.1, 0.15) is 23.2 Å². The van der Waals surface area contributed by atoms with Crippen LogP contribution in [0.4, 0.5) is 0 Å². The van der Waals surface area contributed by atoms with Crippen LogP contribution in [0.15, 0.2) is 22.1 Å². The molecule has 0 saturated heterocycles. The predicted molar refractivity (Wildman–Crippen MR) is 83.4 cm³/mol. The third-order valence-corrected chi connectivity index (χ3v) is 3.23. The summed E-state index contributed by atoms with van der Waals surface area (Å²) in [6.07, 6.45) is 8.51. The highest BCUT2D eigenvalue weighted by Crippen LogP contribution is 2.11. The summed E-state index contributed by atoms with van der Waals surface area (Å²) in [5.74, 6) is 0.949. The summed E-state index contributed by atoms with van der Waals surface area (Å²) in [5.41, 5.74) is 0.0790. The van der Waals surface area contributed by atoms with E-state index in [0.29, 0.717) is 12.3 Å². The average Bonchev–Trinajstić information content (AvgIpc) is 2.89. The molecule has 0 bridgehead atoms. The Labute approximate surface area is 126 Å². The van der Waals surface area contributed by atoms with Gasteiger partial charge in [-0.05, 0) is 25.5 Å². The largest absolute Gasteiger partial charge is 0.462 e. The lowest BCUT2D eigenvalue weighted by Crippen LogP contribution is -2.25. The van der Waals surface area contributed by atoms with Crippen molar-refractivity contribution in [1.29, 1.82) is 5.26 Å². The number of nitriles is 1. The quantitative estimate of drug-likeness (QED) is 0.425. The number of furan rings is 1. The highest BCUT2D eigenvalue weighted by Gasteiger charge is 2.09. The number of amides is 1. The van der Waals surface area contributed by atoms with Crippen molar-refractivity contribution in [3.8, 4) is 6.07 Å². The lowest BCUT2D eigenvalue weighted by molar-refractivity contribution is -0.117. The molecule has 0 aliphatic rings. The van der Waals surface area contributed by atoms with Gasteiger partial charge in [-0.25, -0.2) is 0 Å². The van der Waals surface area contributed by atoms with E-state index >= 15 is 0 Å². The summed E-state index contributed by atoms with van der Waals surface area (Å²) in [6, 6.07) is 5.46. The molecule has 0 atom stereocenters. The number of aryl methyl sites for hydroxylation is 1. The van der Waals surface area contributed by atoms with Crippen LogP contribution in [0.3, 0.4) is 0 Å². The van der Waals surface area contributed by atoms with Crippen molar-refractivity contribution in [3.05, 3.63) is 29.2 Å². The van der Waals surface area contributed by atoms with E-state index in [9.17, 15) is 4.79 Å². The monoisotopic (exact) mass is 288 g/mol. The van der Waals surface area contributed by atoms with E-state index in [2.05, 4.69) is 12.2 Å². The van der Waals surface area contributed by atoms with Gasteiger partial charge in [0.15, 0.2) is 0 Å². The van der Waals surface area contributed by atoms with Crippen LogP contribution in [-0.2, 0) is 4.79 Å². The number of carbonyl (C=O) groups is 1. The van der Waals surface area contributed by atoms with Gasteiger partial charge in [0.2, 0.25) is 0 Å². The van der Waals surface area contributed by atoms with Gasteiger partial charge in [0, 0.05) is 12.6 Å². The molecule has 0 aliphatic carbocycles. The number of hydrogen-bond acceptors (Lipinski definition) is 3. The summed E-state index contributed by atoms with van der Waals surface area (Å²) < 4.78 is 5.34. The zero-order valence-electron chi connectivity index (χ0n) is 12.9. The number of unbranched alkanes of at least 4 members (excludes halogenated alkanes) is 5. The first-order valence-corrected chi connectivity index (χ1v) is 7.63. The van der Waals surface area contributed by atoms with E-state index in [1.807, 2.05) is 13.0 Å². The minimum absolute atomic E-state index is 0.0790. The summed E-state index contributed by atoms with van der Waals surface area (Å²) in [4.78, 5) is 11.9. The zero-order valence-corrected chi connectivity index (χ0v) is 12.9. The fourth-order valence-electron chi connectivity index (χ4n) is 2.02. The first-order valence-electron chi connectivity index (χ1n) is 7.63. The molecule has 21 heavy (non-hydrogen) atoms. The van der Waals surface area contributed by atoms with Gasteiger partial charge in [-0.2, -0.15) is 5.26 Å². The van der Waals surface area contributed by atoms with Gasteiger partial charge in [-0.15, -0.1) is 0 Å². The Morgan fingerprint density at radius 3 is 2.62 bits per heavy atom. The van der Waals surface area contributed by atoms with E-state index in [-0.39, 0.29) is 11.5 Å². The van der Waals surface area contributed by atoms with Crippen molar-refractivity contribution in [2.45, 2.75) is 52.4 Å². The van der Waals surface area contributed by atoms with Crippen LogP contribution in [-0.4, -0.2) is 12.5 Å². The van der Waals surface area contributed by atoms with Gasteiger partial charge >= 0.3 is 0 Å². The number of nitrogens with one attached hydrogen (secondary N) is 1. The SMILES string of the molecule is CCCCCCCCNC(=O)C(C#N)=Cc1ccc(C)o1. The molecular formula is C17H24N2O2. The van der Waals surface area contributed by atoms with Crippen molar-refractivity contribution in [3.63, 3.8) is 0 Å². The van der Waals surface area contributed by atoms with Gasteiger partial charge < -0.3 is 9.73 Å². The Hall–Kier alpha value is -2.02. The maximum Gasteiger partial charge on any atom is 0.262 e. The second-order valence-electron chi connectivity index (χ2n) is 5.14. The molecule has 0 saturated carbocycles. The Morgan fingerprint density at radius 2 is 2.00 bits per heavy atom. The van der Waals surface area contributed by atoms with E-state index < -0.39 is 0 Å². The maximum atomic E-state index is 11.9. The molecule has 1 amide bonds. The minimum Gasteiger partial charge on any atom is -0.462 e. The first kappa shape index (κ1) is 17.0. The molecule has 4 heteroatoms. The van der Waals surface area contributed by atoms with E-state index in [4.69, 9.17) is 9.68 Å². The number of rotatable bonds is 9. The predicted octanol–water partition coefficient (Wildman–Crippen LogP) is 3.97. The van der Waals surface area contributed by atoms with Gasteiger partial charge in [-0.3, -0.25) is 4.79 Å². The van der Waals surface area contributed by atoms with Crippen LogP contribution in [0, 0.1) is 18.3 Å². The fourth-order valence-corrected chi connectivity index (χ4v) is 2.02. The van der Waals surface area contributed by atoms with Crippen molar-refractivity contribution >= 4 is 12.0 Å². The third kappa shape index (κ3) is 6.80. The van der Waals surface area contributed by atoms with Crippen molar-refractivity contribution < 1.29 is 9.21 Å². The lowest BCUT2D eigenvalue weighted by atomic mass is 10.1. The molecule has 0 aromatic carbocycles. The molecule has 1 heterocycles. The van der Waals surface area contributed by atoms with Crippen molar-refractivity contribution in [2.75, 3.05) is 6.54 Å². The second-order valence-corrected chi connectivity index (χ2v) is 5.14. The molecular weight excluding hydrogens is 264 g/mol. The number of carbonyl (C=O) groups excluding carboxylic acids is 1. The normalized spacial score (nSPS) is 11.2. The summed E-state index contributed by atoms with van der Waals surface area (Å²) in [7, 11) is 0. The molecule has 0 radical (unpaired) electrons. The first-order chi connectivity index (χ1) is 10.2. The molecule has 0 fully saturated rings. The number of hydrogen-bond donors (Lipinski definition) is 1. The van der Waals surface area contributed by atoms with Crippen LogP contribution in [0.5, 0.6) is 0 Å². The topological polar surface area (TPSA) is 66.0 Å². The van der Waals surface area contributed by atoms with Gasteiger partial charge in [0.05, 0.1) is 0 Å². The maximum absolute atomic E-state index is 11.9. The Bertz CT molecular complexity index is 509. The molecule has 0 unspecified atom stereocenters. The van der Waals surface area contributed by atoms with E-state index in [1.54, 1.807) is 12.1 Å². The van der Waals surface area contributed by atoms with Gasteiger partial charge in [-0.1, -0.05) is 39.0 Å². The molecule has 0 spiro atoms. The summed E-state index contributed by atoms with van der Waals surface area (Å²) >= 11 is 0. The minimum atomic E-state index is -0.333. The molecule has 1 aromatic rings. The average molecular weight is 288 g/mol.